The van der Waals surface area contributed by atoms with E-state index in [0.29, 0.717) is 35.5 Å². The maximum atomic E-state index is 12.9. The van der Waals surface area contributed by atoms with Crippen molar-refractivity contribution in [1.29, 1.82) is 0 Å². The zero-order valence-corrected chi connectivity index (χ0v) is 18.3. The summed E-state index contributed by atoms with van der Waals surface area (Å²) < 4.78 is 7.08. The molecule has 1 aliphatic carbocycles. The van der Waals surface area contributed by atoms with Gasteiger partial charge in [0.15, 0.2) is 6.61 Å². The van der Waals surface area contributed by atoms with Gasteiger partial charge in [0, 0.05) is 26.1 Å². The highest BCUT2D eigenvalue weighted by Gasteiger charge is 2.27. The Bertz CT molecular complexity index is 1030. The average molecular weight is 426 g/mol. The van der Waals surface area contributed by atoms with E-state index in [1.165, 1.54) is 12.8 Å². The van der Waals surface area contributed by atoms with E-state index >= 15 is 0 Å². The van der Waals surface area contributed by atoms with Gasteiger partial charge < -0.3 is 9.64 Å². The van der Waals surface area contributed by atoms with Crippen molar-refractivity contribution < 1.29 is 14.3 Å². The van der Waals surface area contributed by atoms with Crippen molar-refractivity contribution in [2.75, 3.05) is 19.7 Å². The van der Waals surface area contributed by atoms with Crippen LogP contribution < -0.4 is 5.56 Å². The zero-order chi connectivity index (χ0) is 21.8. The number of aromatic nitrogens is 2. The van der Waals surface area contributed by atoms with Gasteiger partial charge in [-0.05, 0) is 56.2 Å². The Hall–Kier alpha value is -2.70. The standard InChI is InChI=1S/C24H31N3O4/c1-2-12-26(15-17-8-9-17)22(28)16-31-24(30)18-10-11-19-20(14-18)25-21-7-5-3-4-6-13-27(21)23(19)29/h10-11,14,17H,2-9,12-13,15-16H2,1H3. The van der Waals surface area contributed by atoms with Crippen LogP contribution in [0.4, 0.5) is 0 Å². The number of carbonyl (C=O) groups is 2. The second-order valence-corrected chi connectivity index (χ2v) is 8.74. The van der Waals surface area contributed by atoms with Crippen LogP contribution in [0.1, 0.15) is 68.1 Å². The van der Waals surface area contributed by atoms with E-state index in [1.807, 2.05) is 6.92 Å². The molecule has 2 aliphatic rings. The first kappa shape index (κ1) is 21.5. The van der Waals surface area contributed by atoms with E-state index in [9.17, 15) is 14.4 Å². The molecular weight excluding hydrogens is 394 g/mol. The minimum atomic E-state index is -0.563. The highest BCUT2D eigenvalue weighted by molar-refractivity contribution is 5.95. The largest absolute Gasteiger partial charge is 0.452 e. The fourth-order valence-corrected chi connectivity index (χ4v) is 4.22. The summed E-state index contributed by atoms with van der Waals surface area (Å²) in [5.41, 5.74) is 0.776. The van der Waals surface area contributed by atoms with Crippen LogP contribution in [-0.4, -0.2) is 46.0 Å². The minimum Gasteiger partial charge on any atom is -0.452 e. The molecule has 7 heteroatoms. The lowest BCUT2D eigenvalue weighted by atomic mass is 10.1. The molecule has 4 rings (SSSR count). The summed E-state index contributed by atoms with van der Waals surface area (Å²) in [6, 6.07) is 4.84. The van der Waals surface area contributed by atoms with E-state index < -0.39 is 5.97 Å². The molecule has 2 heterocycles. The molecule has 0 radical (unpaired) electrons. The second kappa shape index (κ2) is 9.62. The summed E-state index contributed by atoms with van der Waals surface area (Å²) in [5, 5.41) is 0.510. The smallest absolute Gasteiger partial charge is 0.338 e. The number of nitrogens with zero attached hydrogens (tertiary/aromatic N) is 3. The molecule has 0 saturated heterocycles. The third-order valence-corrected chi connectivity index (χ3v) is 6.15. The number of ether oxygens (including phenoxy) is 1. The Labute approximate surface area is 182 Å². The Balaban J connectivity index is 1.48. The van der Waals surface area contributed by atoms with Gasteiger partial charge >= 0.3 is 5.97 Å². The SMILES string of the molecule is CCCN(CC1CC1)C(=O)COC(=O)c1ccc2c(=O)n3c(nc2c1)CCCCCC3. The van der Waals surface area contributed by atoms with Crippen LogP contribution in [0.3, 0.4) is 0 Å². The second-order valence-electron chi connectivity index (χ2n) is 8.74. The molecule has 2 aromatic rings. The van der Waals surface area contributed by atoms with Gasteiger partial charge in [-0.1, -0.05) is 19.8 Å². The van der Waals surface area contributed by atoms with Crippen LogP contribution >= 0.6 is 0 Å². The molecule has 0 N–H and O–H groups in total. The van der Waals surface area contributed by atoms with E-state index in [0.717, 1.165) is 50.9 Å². The Morgan fingerprint density at radius 1 is 1.19 bits per heavy atom. The minimum absolute atomic E-state index is 0.0488. The third kappa shape index (κ3) is 5.14. The van der Waals surface area contributed by atoms with Gasteiger partial charge in [-0.25, -0.2) is 9.78 Å². The first-order valence-corrected chi connectivity index (χ1v) is 11.5. The van der Waals surface area contributed by atoms with Crippen LogP contribution in [0.15, 0.2) is 23.0 Å². The van der Waals surface area contributed by atoms with Crippen molar-refractivity contribution >= 4 is 22.8 Å². The molecule has 0 atom stereocenters. The number of fused-ring (bicyclic) bond motifs is 2. The maximum Gasteiger partial charge on any atom is 0.338 e. The fourth-order valence-electron chi connectivity index (χ4n) is 4.22. The summed E-state index contributed by atoms with van der Waals surface area (Å²) in [7, 11) is 0. The predicted octanol–water partition coefficient (Wildman–Crippen LogP) is 3.32. The molecule has 7 nitrogen and oxygen atoms in total. The van der Waals surface area contributed by atoms with E-state index in [4.69, 9.17) is 4.74 Å². The molecule has 0 bridgehead atoms. The van der Waals surface area contributed by atoms with Crippen LogP contribution in [0.2, 0.25) is 0 Å². The number of esters is 1. The summed E-state index contributed by atoms with van der Waals surface area (Å²) in [6.07, 6.45) is 8.24. The number of aryl methyl sites for hydroxylation is 1. The maximum absolute atomic E-state index is 12.9. The molecule has 1 amide bonds. The van der Waals surface area contributed by atoms with Gasteiger partial charge in [0.2, 0.25) is 0 Å². The van der Waals surface area contributed by atoms with Crippen molar-refractivity contribution in [3.8, 4) is 0 Å². The van der Waals surface area contributed by atoms with Gasteiger partial charge in [0.05, 0.1) is 16.5 Å². The summed E-state index contributed by atoms with van der Waals surface area (Å²) in [5.74, 6) is 0.664. The monoisotopic (exact) mass is 425 g/mol. The quantitative estimate of drug-likeness (QED) is 0.636. The van der Waals surface area contributed by atoms with Crippen LogP contribution in [0, 0.1) is 5.92 Å². The Morgan fingerprint density at radius 3 is 2.77 bits per heavy atom. The van der Waals surface area contributed by atoms with Crippen LogP contribution in [-0.2, 0) is 22.5 Å². The van der Waals surface area contributed by atoms with Crippen molar-refractivity contribution in [1.82, 2.24) is 14.5 Å². The van der Waals surface area contributed by atoms with Crippen molar-refractivity contribution in [3.05, 3.63) is 39.9 Å². The summed E-state index contributed by atoms with van der Waals surface area (Å²) >= 11 is 0. The first-order chi connectivity index (χ1) is 15.1. The number of rotatable bonds is 7. The molecule has 1 fully saturated rings. The third-order valence-electron chi connectivity index (χ3n) is 6.15. The number of benzene rings is 1. The van der Waals surface area contributed by atoms with Crippen molar-refractivity contribution in [2.45, 2.75) is 64.8 Å². The van der Waals surface area contributed by atoms with Gasteiger partial charge in [0.25, 0.3) is 11.5 Å². The molecule has 1 aromatic heterocycles. The van der Waals surface area contributed by atoms with Gasteiger partial charge in [0.1, 0.15) is 5.82 Å². The lowest BCUT2D eigenvalue weighted by Gasteiger charge is -2.21. The number of amides is 1. The van der Waals surface area contributed by atoms with Crippen LogP contribution in [0.25, 0.3) is 10.9 Å². The molecule has 0 unspecified atom stereocenters. The highest BCUT2D eigenvalue weighted by Crippen LogP contribution is 2.29. The lowest BCUT2D eigenvalue weighted by molar-refractivity contribution is -0.134. The van der Waals surface area contributed by atoms with Gasteiger partial charge in [-0.3, -0.25) is 14.2 Å². The molecular formula is C24H31N3O4. The summed E-state index contributed by atoms with van der Waals surface area (Å²) in [6.45, 7) is 3.90. The molecule has 1 aliphatic heterocycles. The molecule has 31 heavy (non-hydrogen) atoms. The normalized spacial score (nSPS) is 16.3. The topological polar surface area (TPSA) is 81.5 Å². The summed E-state index contributed by atoms with van der Waals surface area (Å²) in [4.78, 5) is 44.5. The van der Waals surface area contributed by atoms with Crippen molar-refractivity contribution in [2.24, 2.45) is 5.92 Å². The number of carbonyl (C=O) groups excluding carboxylic acids is 2. The van der Waals surface area contributed by atoms with Crippen molar-refractivity contribution in [3.63, 3.8) is 0 Å². The fraction of sp³-hybridized carbons (Fsp3) is 0.583. The first-order valence-electron chi connectivity index (χ1n) is 11.5. The van der Waals surface area contributed by atoms with E-state index in [1.54, 1.807) is 27.7 Å². The average Bonchev–Trinajstić information content (AvgIpc) is 3.56. The molecule has 1 saturated carbocycles. The van der Waals surface area contributed by atoms with Crippen LogP contribution in [0.5, 0.6) is 0 Å². The lowest BCUT2D eigenvalue weighted by Crippen LogP contribution is -2.36. The Kier molecular flexibility index (Phi) is 6.68. The van der Waals surface area contributed by atoms with Gasteiger partial charge in [-0.2, -0.15) is 0 Å². The molecule has 166 valence electrons. The number of hydrogen-bond donors (Lipinski definition) is 0. The van der Waals surface area contributed by atoms with E-state index in [2.05, 4.69) is 4.98 Å². The Morgan fingerprint density at radius 2 is 2.00 bits per heavy atom. The molecule has 1 aromatic carbocycles. The van der Waals surface area contributed by atoms with Gasteiger partial charge in [-0.15, -0.1) is 0 Å². The predicted molar refractivity (Wildman–Crippen MR) is 118 cm³/mol. The van der Waals surface area contributed by atoms with E-state index in [-0.39, 0.29) is 18.1 Å². The number of hydrogen-bond acceptors (Lipinski definition) is 5. The molecule has 0 spiro atoms. The highest BCUT2D eigenvalue weighted by atomic mass is 16.5. The zero-order valence-electron chi connectivity index (χ0n) is 18.3.